The highest BCUT2D eigenvalue weighted by Gasteiger charge is 2.30. The predicted octanol–water partition coefficient (Wildman–Crippen LogP) is 3.36. The summed E-state index contributed by atoms with van der Waals surface area (Å²) < 4.78 is 5.42. The van der Waals surface area contributed by atoms with Gasteiger partial charge in [-0.1, -0.05) is 6.42 Å². The molecule has 3 heterocycles. The summed E-state index contributed by atoms with van der Waals surface area (Å²) in [6, 6.07) is 7.61. The number of aromatic nitrogens is 2. The van der Waals surface area contributed by atoms with Crippen molar-refractivity contribution in [1.82, 2.24) is 14.9 Å². The highest BCUT2D eigenvalue weighted by Crippen LogP contribution is 2.39. The zero-order valence-electron chi connectivity index (χ0n) is 15.7. The van der Waals surface area contributed by atoms with Gasteiger partial charge in [-0.25, -0.2) is 0 Å². The van der Waals surface area contributed by atoms with Gasteiger partial charge in [0.15, 0.2) is 0 Å². The van der Waals surface area contributed by atoms with Crippen LogP contribution in [0.3, 0.4) is 0 Å². The molecule has 2 aromatic heterocycles. The van der Waals surface area contributed by atoms with Gasteiger partial charge >= 0.3 is 0 Å². The molecule has 1 saturated carbocycles. The number of nitrogens with one attached hydrogen (secondary N) is 1. The highest BCUT2D eigenvalue weighted by molar-refractivity contribution is 5.94. The van der Waals surface area contributed by atoms with E-state index in [9.17, 15) is 4.79 Å². The molecule has 4 rings (SSSR count). The Hall–Kier alpha value is -2.47. The maximum Gasteiger partial charge on any atom is 0.241 e. The van der Waals surface area contributed by atoms with Crippen molar-refractivity contribution in [1.29, 1.82) is 0 Å². The molecular weight excluding hydrogens is 340 g/mol. The molecule has 0 unspecified atom stereocenters. The summed E-state index contributed by atoms with van der Waals surface area (Å²) in [6.07, 6.45) is 9.02. The maximum atomic E-state index is 12.9. The normalized spacial score (nSPS) is 20.3. The number of pyridine rings is 2. The Bertz CT molecular complexity index is 789. The number of piperidine rings is 1. The minimum atomic E-state index is -0.159. The van der Waals surface area contributed by atoms with Crippen molar-refractivity contribution in [2.75, 3.05) is 19.0 Å². The van der Waals surface area contributed by atoms with Crippen LogP contribution < -0.4 is 10.1 Å². The third-order valence-corrected chi connectivity index (χ3v) is 5.39. The van der Waals surface area contributed by atoms with Gasteiger partial charge in [-0.2, -0.15) is 0 Å². The van der Waals surface area contributed by atoms with E-state index in [0.29, 0.717) is 12.5 Å². The lowest BCUT2D eigenvalue weighted by Crippen LogP contribution is -2.46. The molecule has 1 aliphatic heterocycles. The van der Waals surface area contributed by atoms with Crippen LogP contribution in [0.1, 0.15) is 49.4 Å². The van der Waals surface area contributed by atoms with Crippen molar-refractivity contribution < 1.29 is 9.53 Å². The SMILES string of the molecule is COc1cccnc1CN1CCCC[C@@H]1C(=O)Nc1ccc(C2CC2)nc1. The first-order valence-electron chi connectivity index (χ1n) is 9.73. The number of carbonyl (C=O) groups excluding carboxylic acids is 1. The fraction of sp³-hybridized carbons (Fsp3) is 0.476. The number of amides is 1. The number of anilines is 1. The summed E-state index contributed by atoms with van der Waals surface area (Å²) in [5.41, 5.74) is 2.77. The van der Waals surface area contributed by atoms with E-state index in [0.717, 1.165) is 48.6 Å². The smallest absolute Gasteiger partial charge is 0.241 e. The average Bonchev–Trinajstić information content (AvgIpc) is 3.55. The van der Waals surface area contributed by atoms with Gasteiger partial charge in [-0.05, 0) is 56.5 Å². The summed E-state index contributed by atoms with van der Waals surface area (Å²) in [5.74, 6) is 1.42. The van der Waals surface area contributed by atoms with Crippen LogP contribution in [-0.2, 0) is 11.3 Å². The van der Waals surface area contributed by atoms with Crippen LogP contribution in [0.5, 0.6) is 5.75 Å². The summed E-state index contributed by atoms with van der Waals surface area (Å²) in [4.78, 5) is 24.1. The van der Waals surface area contributed by atoms with E-state index in [-0.39, 0.29) is 11.9 Å². The largest absolute Gasteiger partial charge is 0.495 e. The first-order chi connectivity index (χ1) is 13.2. The van der Waals surface area contributed by atoms with Crippen molar-refractivity contribution in [3.63, 3.8) is 0 Å². The summed E-state index contributed by atoms with van der Waals surface area (Å²) in [7, 11) is 1.65. The first-order valence-corrected chi connectivity index (χ1v) is 9.73. The minimum Gasteiger partial charge on any atom is -0.495 e. The van der Waals surface area contributed by atoms with Gasteiger partial charge < -0.3 is 10.1 Å². The monoisotopic (exact) mass is 366 g/mol. The zero-order chi connectivity index (χ0) is 18.6. The van der Waals surface area contributed by atoms with Crippen LogP contribution in [0.25, 0.3) is 0 Å². The second kappa shape index (κ2) is 8.05. The molecule has 1 N–H and O–H groups in total. The summed E-state index contributed by atoms with van der Waals surface area (Å²) >= 11 is 0. The van der Waals surface area contributed by atoms with E-state index in [1.54, 1.807) is 19.5 Å². The molecule has 0 aromatic carbocycles. The van der Waals surface area contributed by atoms with E-state index in [2.05, 4.69) is 20.2 Å². The number of likely N-dealkylation sites (tertiary alicyclic amines) is 1. The molecule has 27 heavy (non-hydrogen) atoms. The Morgan fingerprint density at radius 1 is 1.22 bits per heavy atom. The van der Waals surface area contributed by atoms with E-state index in [1.807, 2.05) is 24.3 Å². The molecule has 2 fully saturated rings. The van der Waals surface area contributed by atoms with Crippen molar-refractivity contribution in [2.24, 2.45) is 0 Å². The Kier molecular flexibility index (Phi) is 5.34. The molecule has 0 radical (unpaired) electrons. The van der Waals surface area contributed by atoms with Gasteiger partial charge in [0.1, 0.15) is 5.75 Å². The quantitative estimate of drug-likeness (QED) is 0.849. The molecule has 2 aliphatic rings. The molecule has 1 saturated heterocycles. The van der Waals surface area contributed by atoms with Gasteiger partial charge in [0.2, 0.25) is 5.91 Å². The van der Waals surface area contributed by atoms with Crippen LogP contribution in [0.2, 0.25) is 0 Å². The second-order valence-electron chi connectivity index (χ2n) is 7.37. The lowest BCUT2D eigenvalue weighted by molar-refractivity contribution is -0.122. The van der Waals surface area contributed by atoms with Gasteiger partial charge in [-0.3, -0.25) is 19.7 Å². The molecule has 1 atom stereocenters. The zero-order valence-corrected chi connectivity index (χ0v) is 15.7. The average molecular weight is 366 g/mol. The van der Waals surface area contributed by atoms with E-state index < -0.39 is 0 Å². The molecule has 1 amide bonds. The summed E-state index contributed by atoms with van der Waals surface area (Å²) in [6.45, 7) is 1.50. The van der Waals surface area contributed by atoms with Crippen LogP contribution in [0.4, 0.5) is 5.69 Å². The maximum absolute atomic E-state index is 12.9. The fourth-order valence-electron chi connectivity index (χ4n) is 3.72. The lowest BCUT2D eigenvalue weighted by Gasteiger charge is -2.34. The number of hydrogen-bond donors (Lipinski definition) is 1. The van der Waals surface area contributed by atoms with E-state index >= 15 is 0 Å². The third kappa shape index (κ3) is 4.27. The van der Waals surface area contributed by atoms with Crippen LogP contribution in [0.15, 0.2) is 36.7 Å². The number of methoxy groups -OCH3 is 1. The van der Waals surface area contributed by atoms with E-state index in [4.69, 9.17) is 4.74 Å². The molecule has 2 aromatic rings. The number of carbonyl (C=O) groups is 1. The Morgan fingerprint density at radius 3 is 2.85 bits per heavy atom. The predicted molar refractivity (Wildman–Crippen MR) is 104 cm³/mol. The Labute approximate surface area is 160 Å². The molecule has 1 aliphatic carbocycles. The summed E-state index contributed by atoms with van der Waals surface area (Å²) in [5, 5.41) is 3.05. The number of rotatable bonds is 6. The standard InChI is InChI=1S/C21H26N4O2/c1-27-20-6-4-11-22-18(20)14-25-12-3-2-5-19(25)21(26)24-16-9-10-17(23-13-16)15-7-8-15/h4,6,9-11,13,15,19H,2-3,5,7-8,12,14H2,1H3,(H,24,26)/t19-/m1/s1. The molecule has 6 heteroatoms. The molecule has 0 bridgehead atoms. The van der Waals surface area contributed by atoms with Gasteiger partial charge in [0.25, 0.3) is 0 Å². The Morgan fingerprint density at radius 2 is 2.11 bits per heavy atom. The topological polar surface area (TPSA) is 67.3 Å². The van der Waals surface area contributed by atoms with Crippen molar-refractivity contribution >= 4 is 11.6 Å². The number of ether oxygens (including phenoxy) is 1. The van der Waals surface area contributed by atoms with Crippen molar-refractivity contribution in [2.45, 2.75) is 50.6 Å². The molecule has 0 spiro atoms. The van der Waals surface area contributed by atoms with Crippen molar-refractivity contribution in [3.05, 3.63) is 48.0 Å². The third-order valence-electron chi connectivity index (χ3n) is 5.39. The van der Waals surface area contributed by atoms with Crippen LogP contribution in [0, 0.1) is 0 Å². The van der Waals surface area contributed by atoms with E-state index in [1.165, 1.54) is 12.8 Å². The lowest BCUT2D eigenvalue weighted by atomic mass is 10.0. The second-order valence-corrected chi connectivity index (χ2v) is 7.37. The number of nitrogens with zero attached hydrogens (tertiary/aromatic N) is 3. The van der Waals surface area contributed by atoms with Gasteiger partial charge in [0, 0.05) is 24.4 Å². The Balaban J connectivity index is 1.43. The first kappa shape index (κ1) is 17.9. The molecule has 6 nitrogen and oxygen atoms in total. The number of hydrogen-bond acceptors (Lipinski definition) is 5. The fourth-order valence-corrected chi connectivity index (χ4v) is 3.72. The van der Waals surface area contributed by atoms with Crippen LogP contribution in [-0.4, -0.2) is 40.5 Å². The van der Waals surface area contributed by atoms with Gasteiger partial charge in [0.05, 0.1) is 30.7 Å². The van der Waals surface area contributed by atoms with Crippen molar-refractivity contribution in [3.8, 4) is 5.75 Å². The highest BCUT2D eigenvalue weighted by atomic mass is 16.5. The molecule has 142 valence electrons. The van der Waals surface area contributed by atoms with Crippen LogP contribution >= 0.6 is 0 Å². The molecular formula is C21H26N4O2. The van der Waals surface area contributed by atoms with Gasteiger partial charge in [-0.15, -0.1) is 0 Å². The minimum absolute atomic E-state index is 0.0329.